The molecule has 5 heteroatoms. The molecule has 148 valence electrons. The van der Waals surface area contributed by atoms with Crippen LogP contribution in [0, 0.1) is 5.41 Å². The molecular formula is C20H39NO2S2. The smallest absolute Gasteiger partial charge is 0.230 e. The summed E-state index contributed by atoms with van der Waals surface area (Å²) in [7, 11) is 0. The van der Waals surface area contributed by atoms with Gasteiger partial charge < -0.3 is 5.32 Å². The van der Waals surface area contributed by atoms with E-state index in [-0.39, 0.29) is 26.4 Å². The SMILES string of the molecule is CC(C)(C)NC(=O)CSC(C)(C)CCC(C)(C)C(=O)CSC(C)(C)C. The second-order valence-corrected chi connectivity index (χ2v) is 13.5. The monoisotopic (exact) mass is 389 g/mol. The van der Waals surface area contributed by atoms with Gasteiger partial charge in [-0.1, -0.05) is 48.5 Å². The summed E-state index contributed by atoms with van der Waals surface area (Å²) < 4.78 is 0.0885. The van der Waals surface area contributed by atoms with Crippen molar-refractivity contribution in [2.75, 3.05) is 11.5 Å². The first-order valence-corrected chi connectivity index (χ1v) is 11.0. The maximum Gasteiger partial charge on any atom is 0.230 e. The van der Waals surface area contributed by atoms with Crippen LogP contribution in [0.15, 0.2) is 0 Å². The summed E-state index contributed by atoms with van der Waals surface area (Å²) in [6.07, 6.45) is 1.76. The van der Waals surface area contributed by atoms with Crippen LogP contribution in [0.4, 0.5) is 0 Å². The lowest BCUT2D eigenvalue weighted by molar-refractivity contribution is -0.125. The van der Waals surface area contributed by atoms with Gasteiger partial charge in [0.15, 0.2) is 0 Å². The molecule has 3 nitrogen and oxygen atoms in total. The molecule has 0 saturated heterocycles. The number of ketones is 1. The van der Waals surface area contributed by atoms with Gasteiger partial charge in [0.05, 0.1) is 11.5 Å². The Bertz CT molecular complexity index is 457. The minimum atomic E-state index is -0.316. The minimum absolute atomic E-state index is 0.0239. The Morgan fingerprint density at radius 3 is 1.72 bits per heavy atom. The second-order valence-electron chi connectivity index (χ2n) is 10.1. The summed E-state index contributed by atoms with van der Waals surface area (Å²) in [5.41, 5.74) is -0.509. The van der Waals surface area contributed by atoms with Gasteiger partial charge in [-0.05, 0) is 33.6 Å². The van der Waals surface area contributed by atoms with Crippen molar-refractivity contribution in [3.05, 3.63) is 0 Å². The average molecular weight is 390 g/mol. The summed E-state index contributed by atoms with van der Waals surface area (Å²) in [5.74, 6) is 1.41. The fourth-order valence-corrected chi connectivity index (χ4v) is 3.81. The molecule has 0 aromatic rings. The number of rotatable bonds is 9. The van der Waals surface area contributed by atoms with E-state index in [1.165, 1.54) is 0 Å². The summed E-state index contributed by atoms with van der Waals surface area (Å²) in [5, 5.41) is 3.00. The summed E-state index contributed by atoms with van der Waals surface area (Å²) in [6.45, 7) is 20.8. The van der Waals surface area contributed by atoms with E-state index >= 15 is 0 Å². The van der Waals surface area contributed by atoms with Gasteiger partial charge in [0.2, 0.25) is 5.91 Å². The van der Waals surface area contributed by atoms with Gasteiger partial charge in [0.25, 0.3) is 0 Å². The third-order valence-electron chi connectivity index (χ3n) is 3.85. The van der Waals surface area contributed by atoms with Crippen molar-refractivity contribution in [2.45, 2.75) is 97.1 Å². The number of hydrogen-bond acceptors (Lipinski definition) is 4. The fourth-order valence-electron chi connectivity index (χ4n) is 2.02. The molecule has 0 aromatic carbocycles. The third-order valence-corrected chi connectivity index (χ3v) is 6.52. The molecule has 0 aliphatic heterocycles. The molecule has 0 fully saturated rings. The zero-order valence-corrected chi connectivity index (χ0v) is 19.6. The molecule has 0 bridgehead atoms. The van der Waals surface area contributed by atoms with Crippen molar-refractivity contribution in [2.24, 2.45) is 5.41 Å². The van der Waals surface area contributed by atoms with Crippen LogP contribution in [0.25, 0.3) is 0 Å². The molecule has 0 atom stereocenters. The molecule has 0 aliphatic carbocycles. The molecule has 25 heavy (non-hydrogen) atoms. The Balaban J connectivity index is 4.45. The standard InChI is InChI=1S/C20H39NO2S2/c1-17(2,3)21-16(23)14-25-20(9,10)12-11-19(7,8)15(22)13-24-18(4,5)6/h11-14H2,1-10H3,(H,21,23). The minimum Gasteiger partial charge on any atom is -0.351 e. The maximum absolute atomic E-state index is 12.6. The van der Waals surface area contributed by atoms with Gasteiger partial charge in [0.1, 0.15) is 5.78 Å². The van der Waals surface area contributed by atoms with Crippen molar-refractivity contribution in [1.82, 2.24) is 5.32 Å². The molecule has 0 rings (SSSR count). The lowest BCUT2D eigenvalue weighted by Crippen LogP contribution is -2.42. The van der Waals surface area contributed by atoms with E-state index in [0.717, 1.165) is 12.8 Å². The van der Waals surface area contributed by atoms with Gasteiger partial charge >= 0.3 is 0 Å². The Morgan fingerprint density at radius 1 is 0.760 bits per heavy atom. The first kappa shape index (κ1) is 24.8. The Morgan fingerprint density at radius 2 is 1.28 bits per heavy atom. The molecule has 0 heterocycles. The molecule has 1 amide bonds. The van der Waals surface area contributed by atoms with E-state index in [1.807, 2.05) is 34.6 Å². The predicted molar refractivity (Wildman–Crippen MR) is 115 cm³/mol. The second kappa shape index (κ2) is 9.16. The van der Waals surface area contributed by atoms with Crippen LogP contribution in [0.2, 0.25) is 0 Å². The van der Waals surface area contributed by atoms with Crippen molar-refractivity contribution >= 4 is 35.2 Å². The Hall–Kier alpha value is -0.160. The zero-order chi connectivity index (χ0) is 20.1. The normalized spacial score (nSPS) is 13.7. The fraction of sp³-hybridized carbons (Fsp3) is 0.900. The van der Waals surface area contributed by atoms with Gasteiger partial charge in [-0.25, -0.2) is 0 Å². The first-order chi connectivity index (χ1) is 10.9. The van der Waals surface area contributed by atoms with Gasteiger partial charge in [-0.2, -0.15) is 0 Å². The number of carbonyl (C=O) groups is 2. The van der Waals surface area contributed by atoms with Crippen LogP contribution in [-0.4, -0.2) is 38.2 Å². The lowest BCUT2D eigenvalue weighted by Gasteiger charge is -2.31. The number of Topliss-reactive ketones (excluding diaryl/α,β-unsaturated/α-hetero) is 1. The number of amides is 1. The summed E-state index contributed by atoms with van der Waals surface area (Å²) in [6, 6.07) is 0. The number of hydrogen-bond donors (Lipinski definition) is 1. The third kappa shape index (κ3) is 12.8. The molecule has 1 N–H and O–H groups in total. The van der Waals surface area contributed by atoms with E-state index < -0.39 is 0 Å². The van der Waals surface area contributed by atoms with Gasteiger partial charge in [-0.3, -0.25) is 9.59 Å². The molecule has 0 aliphatic rings. The summed E-state index contributed by atoms with van der Waals surface area (Å²) in [4.78, 5) is 24.6. The van der Waals surface area contributed by atoms with Crippen LogP contribution in [0.3, 0.4) is 0 Å². The van der Waals surface area contributed by atoms with E-state index in [2.05, 4.69) is 39.9 Å². The van der Waals surface area contributed by atoms with Crippen LogP contribution in [0.5, 0.6) is 0 Å². The van der Waals surface area contributed by atoms with Crippen molar-refractivity contribution in [1.29, 1.82) is 0 Å². The van der Waals surface area contributed by atoms with Crippen LogP contribution < -0.4 is 5.32 Å². The number of carbonyl (C=O) groups excluding carboxylic acids is 2. The van der Waals surface area contributed by atoms with E-state index in [1.54, 1.807) is 23.5 Å². The molecular weight excluding hydrogens is 350 g/mol. The average Bonchev–Trinajstić information content (AvgIpc) is 2.38. The van der Waals surface area contributed by atoms with Crippen molar-refractivity contribution < 1.29 is 9.59 Å². The van der Waals surface area contributed by atoms with Crippen molar-refractivity contribution in [3.8, 4) is 0 Å². The van der Waals surface area contributed by atoms with Gasteiger partial charge in [-0.15, -0.1) is 23.5 Å². The largest absolute Gasteiger partial charge is 0.351 e. The topological polar surface area (TPSA) is 46.2 Å². The van der Waals surface area contributed by atoms with E-state index in [4.69, 9.17) is 0 Å². The number of nitrogens with one attached hydrogen (secondary N) is 1. The highest BCUT2D eigenvalue weighted by Gasteiger charge is 2.31. The Labute approximate surface area is 164 Å². The molecule has 0 spiro atoms. The van der Waals surface area contributed by atoms with Gasteiger partial charge in [0, 0.05) is 20.4 Å². The first-order valence-electron chi connectivity index (χ1n) is 9.06. The molecule has 0 unspecified atom stereocenters. The molecule has 0 radical (unpaired) electrons. The zero-order valence-electron chi connectivity index (χ0n) is 18.0. The predicted octanol–water partition coefficient (Wildman–Crippen LogP) is 5.32. The van der Waals surface area contributed by atoms with E-state index in [9.17, 15) is 9.59 Å². The molecule has 0 aromatic heterocycles. The number of thioether (sulfide) groups is 2. The van der Waals surface area contributed by atoms with Crippen molar-refractivity contribution in [3.63, 3.8) is 0 Å². The maximum atomic E-state index is 12.6. The highest BCUT2D eigenvalue weighted by Crippen LogP contribution is 2.36. The van der Waals surface area contributed by atoms with Crippen LogP contribution in [0.1, 0.15) is 82.1 Å². The highest BCUT2D eigenvalue weighted by molar-refractivity contribution is 8.01. The van der Waals surface area contributed by atoms with Crippen LogP contribution >= 0.6 is 23.5 Å². The molecule has 0 saturated carbocycles. The lowest BCUT2D eigenvalue weighted by atomic mass is 9.82. The van der Waals surface area contributed by atoms with E-state index in [0.29, 0.717) is 17.3 Å². The van der Waals surface area contributed by atoms with Crippen LogP contribution in [-0.2, 0) is 9.59 Å². The Kier molecular flexibility index (Phi) is 9.10. The summed E-state index contributed by atoms with van der Waals surface area (Å²) >= 11 is 3.38. The highest BCUT2D eigenvalue weighted by atomic mass is 32.2. The quantitative estimate of drug-likeness (QED) is 0.580.